The van der Waals surface area contributed by atoms with Gasteiger partial charge in [-0.2, -0.15) is 26.3 Å². The lowest BCUT2D eigenvalue weighted by Crippen LogP contribution is -2.48. The SMILES string of the molecule is CC1(C)OC[C@H](COc2ncc(NC(=O)N3c4nc(-c5cccc(C(F)(F)F)c5)ncc4N4CC[C@H]3C4)cn2)O1.O=C(Nc1cnc(OC[C@H](O)CO)nc1)N1c2nc(-c3cccc(C(F)(F)F)c3)ncc2N2CC[C@H]1C2. The molecule has 0 aliphatic carbocycles. The van der Waals surface area contributed by atoms with Crippen LogP contribution in [0.25, 0.3) is 22.8 Å². The van der Waals surface area contributed by atoms with Crippen LogP contribution in [0.15, 0.2) is 85.7 Å². The first-order valence-corrected chi connectivity index (χ1v) is 24.1. The number of amides is 4. The lowest BCUT2D eigenvalue weighted by Gasteiger charge is -2.35. The average molecular weight is 1080 g/mol. The zero-order chi connectivity index (χ0) is 54.2. The van der Waals surface area contributed by atoms with E-state index in [9.17, 15) is 41.0 Å². The number of aliphatic hydroxyl groups is 2. The molecule has 0 spiro atoms. The predicted molar refractivity (Wildman–Crippen MR) is 262 cm³/mol. The van der Waals surface area contributed by atoms with Crippen molar-refractivity contribution in [3.63, 3.8) is 0 Å². The predicted octanol–water partition coefficient (Wildman–Crippen LogP) is 6.43. The molecule has 0 unspecified atom stereocenters. The third-order valence-electron chi connectivity index (χ3n) is 12.9. The summed E-state index contributed by atoms with van der Waals surface area (Å²) >= 11 is 0. The van der Waals surface area contributed by atoms with Crippen LogP contribution >= 0.6 is 0 Å². The van der Waals surface area contributed by atoms with E-state index in [1.165, 1.54) is 65.0 Å². The van der Waals surface area contributed by atoms with E-state index in [-0.39, 0.29) is 71.9 Å². The molecule has 77 heavy (non-hydrogen) atoms. The van der Waals surface area contributed by atoms with Crippen molar-refractivity contribution in [2.45, 2.75) is 69.1 Å². The number of alkyl halides is 6. The molecule has 11 rings (SSSR count). The highest BCUT2D eigenvalue weighted by molar-refractivity contribution is 6.05. The molecule has 9 heterocycles. The fourth-order valence-electron chi connectivity index (χ4n) is 9.21. The monoisotopic (exact) mass is 1070 g/mol. The van der Waals surface area contributed by atoms with Crippen molar-refractivity contribution in [1.82, 2.24) is 39.9 Å². The average Bonchev–Trinajstić information content (AvgIpc) is 4.14. The summed E-state index contributed by atoms with van der Waals surface area (Å²) in [6.45, 7) is 6.15. The number of ether oxygens (including phenoxy) is 4. The number of aromatic nitrogens is 8. The highest BCUT2D eigenvalue weighted by atomic mass is 19.4. The first-order chi connectivity index (χ1) is 36.8. The van der Waals surface area contributed by atoms with Gasteiger partial charge < -0.3 is 49.6 Å². The minimum absolute atomic E-state index is 0.0429. The fourth-order valence-corrected chi connectivity index (χ4v) is 9.21. The first kappa shape index (κ1) is 52.4. The van der Waals surface area contributed by atoms with Crippen LogP contribution in [0.1, 0.15) is 37.8 Å². The Morgan fingerprint density at radius 1 is 0.714 bits per heavy atom. The molecule has 404 valence electrons. The number of rotatable bonds is 11. The highest BCUT2D eigenvalue weighted by Crippen LogP contribution is 2.42. The van der Waals surface area contributed by atoms with Crippen molar-refractivity contribution >= 4 is 46.4 Å². The van der Waals surface area contributed by atoms with Gasteiger partial charge in [-0.15, -0.1) is 0 Å². The Balaban J connectivity index is 0.000000175. The number of nitrogens with one attached hydrogen (secondary N) is 2. The second kappa shape index (κ2) is 21.2. The Kier molecular flexibility index (Phi) is 14.4. The number of aliphatic hydroxyl groups excluding tert-OH is 2. The van der Waals surface area contributed by atoms with Gasteiger partial charge in [-0.1, -0.05) is 24.3 Å². The molecule has 22 nitrogen and oxygen atoms in total. The minimum Gasteiger partial charge on any atom is -0.461 e. The maximum absolute atomic E-state index is 13.5. The molecule has 2 aromatic carbocycles. The van der Waals surface area contributed by atoms with Crippen LogP contribution in [0, 0.1) is 0 Å². The summed E-state index contributed by atoms with van der Waals surface area (Å²) in [6, 6.07) is 8.28. The summed E-state index contributed by atoms with van der Waals surface area (Å²) < 4.78 is 101. The van der Waals surface area contributed by atoms with Gasteiger partial charge in [-0.25, -0.2) is 49.5 Å². The summed E-state index contributed by atoms with van der Waals surface area (Å²) in [7, 11) is 0. The normalized spacial score (nSPS) is 19.4. The third kappa shape index (κ3) is 11.7. The smallest absolute Gasteiger partial charge is 0.416 e. The standard InChI is InChI=1S/C26H26F3N7O4.C23H22F3N7O4/c1-25(2)39-14-19(40-25)13-38-23-31-9-17(10-32-23)33-24(37)36-18-6-7-35(12-18)20-11-30-21(34-22(20)36)15-4-3-5-16(8-15)26(27,28)29;24-23(25,26)14-3-1-2-13(6-14)19-27-9-18-20(31-19)33(16-4-5-32(18)10-16)22(36)30-15-7-28-21(29-8-15)37-12-17(35)11-34/h3-5,8-11,18-19H,6-7,12-14H2,1-2H3,(H,33,37);1-3,6-9,16-17,34-35H,4-5,10-12H2,(H,30,36)/t18-,19-;16-,17+/m00/s1. The van der Waals surface area contributed by atoms with E-state index in [0.29, 0.717) is 74.3 Å². The van der Waals surface area contributed by atoms with E-state index >= 15 is 0 Å². The summed E-state index contributed by atoms with van der Waals surface area (Å²) in [5.41, 5.74) is 0.632. The summed E-state index contributed by atoms with van der Waals surface area (Å²) in [5.74, 6) is 0.129. The Morgan fingerprint density at radius 2 is 1.18 bits per heavy atom. The Hall–Kier alpha value is -8.08. The molecular weight excluding hydrogens is 1030 g/mol. The van der Waals surface area contributed by atoms with Gasteiger partial charge in [0.1, 0.15) is 25.4 Å². The molecule has 5 aliphatic heterocycles. The van der Waals surface area contributed by atoms with Gasteiger partial charge in [0.15, 0.2) is 29.1 Å². The highest BCUT2D eigenvalue weighted by Gasteiger charge is 2.43. The van der Waals surface area contributed by atoms with E-state index in [4.69, 9.17) is 24.1 Å². The van der Waals surface area contributed by atoms with Gasteiger partial charge in [0.25, 0.3) is 0 Å². The number of fused-ring (bicyclic) bond motifs is 8. The zero-order valence-corrected chi connectivity index (χ0v) is 40.9. The molecule has 4 amide bonds. The van der Waals surface area contributed by atoms with Crippen LogP contribution in [0.5, 0.6) is 12.0 Å². The summed E-state index contributed by atoms with van der Waals surface area (Å²) in [4.78, 5) is 67.8. The van der Waals surface area contributed by atoms with Crippen LogP contribution in [0.2, 0.25) is 0 Å². The molecule has 0 radical (unpaired) electrons. The van der Waals surface area contributed by atoms with E-state index in [2.05, 4.69) is 55.4 Å². The lowest BCUT2D eigenvalue weighted by molar-refractivity contribution is -0.141. The second-order valence-corrected chi connectivity index (χ2v) is 18.8. The van der Waals surface area contributed by atoms with Gasteiger partial charge in [0.05, 0.1) is 96.4 Å². The van der Waals surface area contributed by atoms with Crippen LogP contribution < -0.4 is 39.7 Å². The fraction of sp³-hybridized carbons (Fsp3) is 0.388. The summed E-state index contributed by atoms with van der Waals surface area (Å²) in [6.07, 6.45) is -0.369. The molecular formula is C49H48F6N14O8. The second-order valence-electron chi connectivity index (χ2n) is 18.8. The molecule has 4 aromatic heterocycles. The van der Waals surface area contributed by atoms with Gasteiger partial charge in [0.2, 0.25) is 0 Å². The number of carbonyl (C=O) groups excluding carboxylic acids is 2. The molecule has 0 saturated carbocycles. The number of halogens is 6. The van der Waals surface area contributed by atoms with Crippen molar-refractivity contribution in [1.29, 1.82) is 0 Å². The Bertz CT molecular complexity index is 3120. The molecule has 3 saturated heterocycles. The quantitative estimate of drug-likeness (QED) is 0.102. The Morgan fingerprint density at radius 3 is 1.61 bits per heavy atom. The number of carbonyl (C=O) groups is 2. The van der Waals surface area contributed by atoms with Crippen LogP contribution in [0.3, 0.4) is 0 Å². The number of hydrogen-bond acceptors (Lipinski definition) is 18. The van der Waals surface area contributed by atoms with Gasteiger partial charge in [-0.05, 0) is 51.0 Å². The molecule has 4 bridgehead atoms. The van der Waals surface area contributed by atoms with Crippen LogP contribution in [-0.4, -0.2) is 145 Å². The molecule has 4 N–H and O–H groups in total. The maximum Gasteiger partial charge on any atom is 0.416 e. The van der Waals surface area contributed by atoms with Gasteiger partial charge in [-0.3, -0.25) is 9.80 Å². The first-order valence-electron chi connectivity index (χ1n) is 24.1. The van der Waals surface area contributed by atoms with Crippen molar-refractivity contribution in [2.75, 3.05) is 82.8 Å². The van der Waals surface area contributed by atoms with Crippen molar-refractivity contribution < 1.29 is 65.1 Å². The molecule has 28 heteroatoms. The third-order valence-corrected chi connectivity index (χ3v) is 12.9. The molecule has 4 atom stereocenters. The van der Waals surface area contributed by atoms with E-state index in [0.717, 1.165) is 24.3 Å². The number of benzene rings is 2. The largest absolute Gasteiger partial charge is 0.461 e. The van der Waals surface area contributed by atoms with E-state index in [1.54, 1.807) is 6.20 Å². The van der Waals surface area contributed by atoms with Crippen LogP contribution in [0.4, 0.5) is 70.3 Å². The maximum atomic E-state index is 13.5. The molecule has 3 fully saturated rings. The number of urea groups is 2. The van der Waals surface area contributed by atoms with Crippen molar-refractivity contribution in [2.24, 2.45) is 0 Å². The summed E-state index contributed by atoms with van der Waals surface area (Å²) in [5, 5.41) is 23.7. The molecule has 5 aliphatic rings. The lowest BCUT2D eigenvalue weighted by atomic mass is 10.1. The van der Waals surface area contributed by atoms with Crippen molar-refractivity contribution in [3.8, 4) is 34.8 Å². The number of nitrogens with zero attached hydrogens (tertiary/aromatic N) is 12. The zero-order valence-electron chi connectivity index (χ0n) is 40.9. The topological polar surface area (TPSA) is 252 Å². The minimum atomic E-state index is -4.51. The van der Waals surface area contributed by atoms with Crippen LogP contribution in [-0.2, 0) is 21.8 Å². The van der Waals surface area contributed by atoms with Gasteiger partial charge in [0, 0.05) is 37.3 Å². The molecule has 6 aromatic rings. The van der Waals surface area contributed by atoms with E-state index < -0.39 is 54.0 Å². The number of hydrogen-bond donors (Lipinski definition) is 4. The number of anilines is 6. The van der Waals surface area contributed by atoms with Crippen molar-refractivity contribution in [3.05, 3.63) is 96.8 Å². The Labute approximate surface area is 434 Å². The van der Waals surface area contributed by atoms with Gasteiger partial charge >= 0.3 is 36.4 Å². The van der Waals surface area contributed by atoms with E-state index in [1.807, 2.05) is 18.7 Å².